The zero-order valence-electron chi connectivity index (χ0n) is 13.9. The second kappa shape index (κ2) is 7.35. The molecule has 2 N–H and O–H groups in total. The van der Waals surface area contributed by atoms with Gasteiger partial charge in [0.25, 0.3) is 0 Å². The number of carbonyl (C=O) groups excluding carboxylic acids is 2. The van der Waals surface area contributed by atoms with E-state index in [-0.39, 0.29) is 18.3 Å². The van der Waals surface area contributed by atoms with Gasteiger partial charge in [0.15, 0.2) is 5.69 Å². The van der Waals surface area contributed by atoms with Gasteiger partial charge in [0.2, 0.25) is 0 Å². The molecule has 1 saturated heterocycles. The topological polar surface area (TPSA) is 96.7 Å². The number of aliphatic hydroxyl groups excluding tert-OH is 1. The average Bonchev–Trinajstić information content (AvgIpc) is 3.25. The molecule has 0 spiro atoms. The standard InChI is InChI=1S/C17H20N4O4/c1-2-25-16(23)14-8-10-21(19-14)15-6-4-3-5-13(15)18-17(24)20-9-7-12(22)11-20/h3-6,8,10,12,22H,2,7,9,11H2,1H3,(H,18,24)/t12-/m1/s1. The number of carbonyl (C=O) groups is 2. The van der Waals surface area contributed by atoms with Crippen molar-refractivity contribution < 1.29 is 19.4 Å². The van der Waals surface area contributed by atoms with Gasteiger partial charge in [-0.1, -0.05) is 12.1 Å². The van der Waals surface area contributed by atoms with Crippen molar-refractivity contribution in [2.24, 2.45) is 0 Å². The maximum absolute atomic E-state index is 12.3. The molecule has 1 aliphatic heterocycles. The Morgan fingerprint density at radius 3 is 2.88 bits per heavy atom. The molecule has 2 amide bonds. The highest BCUT2D eigenvalue weighted by Crippen LogP contribution is 2.21. The number of benzene rings is 1. The zero-order chi connectivity index (χ0) is 17.8. The van der Waals surface area contributed by atoms with Crippen molar-refractivity contribution in [3.8, 4) is 5.69 Å². The molecule has 0 radical (unpaired) electrons. The number of hydrogen-bond donors (Lipinski definition) is 2. The fourth-order valence-corrected chi connectivity index (χ4v) is 2.67. The number of rotatable bonds is 4. The number of likely N-dealkylation sites (tertiary alicyclic amines) is 1. The van der Waals surface area contributed by atoms with Gasteiger partial charge in [0.1, 0.15) is 0 Å². The minimum Gasteiger partial charge on any atom is -0.461 e. The van der Waals surface area contributed by atoms with Crippen LogP contribution in [0.4, 0.5) is 10.5 Å². The summed E-state index contributed by atoms with van der Waals surface area (Å²) < 4.78 is 6.45. The first kappa shape index (κ1) is 17.0. The Morgan fingerprint density at radius 1 is 1.36 bits per heavy atom. The minimum atomic E-state index is -0.492. The highest BCUT2D eigenvalue weighted by atomic mass is 16.5. The second-order valence-corrected chi connectivity index (χ2v) is 5.70. The molecule has 0 unspecified atom stereocenters. The highest BCUT2D eigenvalue weighted by molar-refractivity contribution is 5.92. The number of para-hydroxylation sites is 2. The van der Waals surface area contributed by atoms with Gasteiger partial charge in [-0.2, -0.15) is 5.10 Å². The highest BCUT2D eigenvalue weighted by Gasteiger charge is 2.25. The molecule has 25 heavy (non-hydrogen) atoms. The molecule has 2 aromatic rings. The summed E-state index contributed by atoms with van der Waals surface area (Å²) in [5.74, 6) is -0.492. The molecular formula is C17H20N4O4. The van der Waals surface area contributed by atoms with Crippen molar-refractivity contribution in [3.05, 3.63) is 42.2 Å². The summed E-state index contributed by atoms with van der Waals surface area (Å²) in [5, 5.41) is 16.6. The molecule has 8 heteroatoms. The first-order valence-corrected chi connectivity index (χ1v) is 8.14. The van der Waals surface area contributed by atoms with Crippen molar-refractivity contribution >= 4 is 17.7 Å². The first-order chi connectivity index (χ1) is 12.1. The summed E-state index contributed by atoms with van der Waals surface area (Å²) >= 11 is 0. The van der Waals surface area contributed by atoms with Crippen molar-refractivity contribution in [1.29, 1.82) is 0 Å². The number of ether oxygens (including phenoxy) is 1. The van der Waals surface area contributed by atoms with Crippen LogP contribution in [0.2, 0.25) is 0 Å². The van der Waals surface area contributed by atoms with E-state index in [4.69, 9.17) is 4.74 Å². The maximum atomic E-state index is 12.3. The largest absolute Gasteiger partial charge is 0.461 e. The zero-order valence-corrected chi connectivity index (χ0v) is 13.9. The Morgan fingerprint density at radius 2 is 2.16 bits per heavy atom. The Hall–Kier alpha value is -2.87. The lowest BCUT2D eigenvalue weighted by molar-refractivity contribution is 0.0519. The molecule has 1 atom stereocenters. The fraction of sp³-hybridized carbons (Fsp3) is 0.353. The number of amides is 2. The molecule has 1 aromatic carbocycles. The van der Waals surface area contributed by atoms with Crippen LogP contribution < -0.4 is 5.32 Å². The summed E-state index contributed by atoms with van der Waals surface area (Å²) in [7, 11) is 0. The summed E-state index contributed by atoms with van der Waals surface area (Å²) in [4.78, 5) is 25.7. The van der Waals surface area contributed by atoms with E-state index < -0.39 is 12.1 Å². The third-order valence-electron chi connectivity index (χ3n) is 3.92. The van der Waals surface area contributed by atoms with Crippen molar-refractivity contribution in [3.63, 3.8) is 0 Å². The van der Waals surface area contributed by atoms with Crippen LogP contribution >= 0.6 is 0 Å². The van der Waals surface area contributed by atoms with Crippen molar-refractivity contribution in [2.45, 2.75) is 19.4 Å². The van der Waals surface area contributed by atoms with Gasteiger partial charge in [-0.3, -0.25) is 0 Å². The number of aromatic nitrogens is 2. The van der Waals surface area contributed by atoms with Gasteiger partial charge in [-0.25, -0.2) is 14.3 Å². The van der Waals surface area contributed by atoms with Crippen molar-refractivity contribution in [2.75, 3.05) is 25.0 Å². The van der Waals surface area contributed by atoms with Crippen LogP contribution in [0.3, 0.4) is 0 Å². The van der Waals surface area contributed by atoms with Gasteiger partial charge in [0.05, 0.1) is 24.1 Å². The Kier molecular flexibility index (Phi) is 4.99. The predicted octanol–water partition coefficient (Wildman–Crippen LogP) is 1.65. The van der Waals surface area contributed by atoms with Crippen LogP contribution in [0.5, 0.6) is 0 Å². The molecule has 3 rings (SSSR count). The Balaban J connectivity index is 1.79. The number of hydrogen-bond acceptors (Lipinski definition) is 5. The minimum absolute atomic E-state index is 0.200. The van der Waals surface area contributed by atoms with E-state index in [0.29, 0.717) is 30.9 Å². The predicted molar refractivity (Wildman–Crippen MR) is 90.7 cm³/mol. The number of nitrogens with one attached hydrogen (secondary N) is 1. The first-order valence-electron chi connectivity index (χ1n) is 8.14. The van der Waals surface area contributed by atoms with Crippen LogP contribution in [-0.2, 0) is 4.74 Å². The van der Waals surface area contributed by atoms with Crippen molar-refractivity contribution in [1.82, 2.24) is 14.7 Å². The molecule has 2 heterocycles. The van der Waals surface area contributed by atoms with Crippen LogP contribution in [0.1, 0.15) is 23.8 Å². The second-order valence-electron chi connectivity index (χ2n) is 5.70. The van der Waals surface area contributed by atoms with Crippen LogP contribution in [0, 0.1) is 0 Å². The lowest BCUT2D eigenvalue weighted by Gasteiger charge is -2.18. The number of nitrogens with zero attached hydrogens (tertiary/aromatic N) is 3. The Labute approximate surface area is 145 Å². The molecule has 0 saturated carbocycles. The molecular weight excluding hydrogens is 324 g/mol. The van der Waals surface area contributed by atoms with E-state index in [1.54, 1.807) is 42.3 Å². The summed E-state index contributed by atoms with van der Waals surface area (Å²) in [6.45, 7) is 2.85. The van der Waals surface area contributed by atoms with Crippen LogP contribution in [-0.4, -0.2) is 57.6 Å². The SMILES string of the molecule is CCOC(=O)c1ccn(-c2ccccc2NC(=O)N2CC[C@@H](O)C2)n1. The third kappa shape index (κ3) is 3.80. The van der Waals surface area contributed by atoms with Gasteiger partial charge in [-0.15, -0.1) is 0 Å². The van der Waals surface area contributed by atoms with Gasteiger partial charge >= 0.3 is 12.0 Å². The molecule has 1 aliphatic rings. The summed E-state index contributed by atoms with van der Waals surface area (Å²) in [5.41, 5.74) is 1.39. The van der Waals surface area contributed by atoms with Gasteiger partial charge in [-0.05, 0) is 31.5 Å². The van der Waals surface area contributed by atoms with Gasteiger partial charge < -0.3 is 20.1 Å². The lowest BCUT2D eigenvalue weighted by atomic mass is 10.2. The average molecular weight is 344 g/mol. The number of aliphatic hydroxyl groups is 1. The monoisotopic (exact) mass is 344 g/mol. The maximum Gasteiger partial charge on any atom is 0.358 e. The number of esters is 1. The van der Waals surface area contributed by atoms with E-state index in [2.05, 4.69) is 10.4 Å². The van der Waals surface area contributed by atoms with Crippen LogP contribution in [0.25, 0.3) is 5.69 Å². The third-order valence-corrected chi connectivity index (χ3v) is 3.92. The van der Waals surface area contributed by atoms with E-state index >= 15 is 0 Å². The number of anilines is 1. The van der Waals surface area contributed by atoms with E-state index in [1.807, 2.05) is 6.07 Å². The fourth-order valence-electron chi connectivity index (χ4n) is 2.67. The lowest BCUT2D eigenvalue weighted by Crippen LogP contribution is -2.33. The Bertz CT molecular complexity index is 774. The van der Waals surface area contributed by atoms with E-state index in [1.165, 1.54) is 4.68 Å². The quantitative estimate of drug-likeness (QED) is 0.822. The summed E-state index contributed by atoms with van der Waals surface area (Å²) in [6.07, 6.45) is 1.74. The summed E-state index contributed by atoms with van der Waals surface area (Å²) in [6, 6.07) is 8.45. The smallest absolute Gasteiger partial charge is 0.358 e. The molecule has 1 aromatic heterocycles. The van der Waals surface area contributed by atoms with Gasteiger partial charge in [0, 0.05) is 19.3 Å². The molecule has 1 fully saturated rings. The molecule has 132 valence electrons. The number of urea groups is 1. The molecule has 8 nitrogen and oxygen atoms in total. The van der Waals surface area contributed by atoms with E-state index in [9.17, 15) is 14.7 Å². The van der Waals surface area contributed by atoms with E-state index in [0.717, 1.165) is 0 Å². The van der Waals surface area contributed by atoms with Crippen LogP contribution in [0.15, 0.2) is 36.5 Å². The normalized spacial score (nSPS) is 16.7. The molecule has 0 bridgehead atoms. The number of β-amino-alcohol motifs (C(OH)–C–C–N with tert-alkyl or cyclic N) is 1. The molecule has 0 aliphatic carbocycles.